The molecule has 1 aliphatic rings. The first kappa shape index (κ1) is 18.4. The van der Waals surface area contributed by atoms with Crippen molar-refractivity contribution in [1.82, 2.24) is 10.3 Å². The fourth-order valence-electron chi connectivity index (χ4n) is 1.82. The van der Waals surface area contributed by atoms with Gasteiger partial charge in [0.1, 0.15) is 11.6 Å². The molecule has 19 heavy (non-hydrogen) atoms. The SMILES string of the molecule is CC1=C(c2c[n-]c3ccc(F)cc23)O[CH-]N1.[CH3-].[Re].[Re]. The topological polar surface area (TPSA) is 35.4 Å². The van der Waals surface area contributed by atoms with Gasteiger partial charge in [-0.05, 0) is 30.0 Å². The molecular weight excluding hydrogens is 592 g/mol. The van der Waals surface area contributed by atoms with Crippen LogP contribution in [0.25, 0.3) is 16.7 Å². The standard InChI is InChI=1S/C12H9FN2O.CH3.2Re/c1-7-12(16-6-15-7)10-5-14-11-3-2-8(13)4-9(10)11;;;/h2-6,15H,1H3;1H3;;/q-2;-1;;. The predicted molar refractivity (Wildman–Crippen MR) is 64.8 cm³/mol. The number of fused-ring (bicyclic) bond motifs is 1. The van der Waals surface area contributed by atoms with E-state index < -0.39 is 0 Å². The molecule has 0 fully saturated rings. The van der Waals surface area contributed by atoms with Gasteiger partial charge in [0.2, 0.25) is 0 Å². The number of aromatic nitrogens is 1. The van der Waals surface area contributed by atoms with E-state index in [1.54, 1.807) is 12.3 Å². The van der Waals surface area contributed by atoms with Crippen molar-refractivity contribution in [3.63, 3.8) is 0 Å². The molecule has 0 unspecified atom stereocenters. The molecule has 1 aromatic heterocycles. The number of nitrogens with one attached hydrogen (secondary N) is 1. The Morgan fingerprint density at radius 2 is 2.05 bits per heavy atom. The second-order valence-corrected chi connectivity index (χ2v) is 3.67. The number of hydrogen-bond acceptors (Lipinski definition) is 2. The molecule has 1 aliphatic heterocycles. The quantitative estimate of drug-likeness (QED) is 0.510. The summed E-state index contributed by atoms with van der Waals surface area (Å²) in [4.78, 5) is 4.22. The van der Waals surface area contributed by atoms with Crippen LogP contribution in [0.4, 0.5) is 4.39 Å². The van der Waals surface area contributed by atoms with E-state index in [1.165, 1.54) is 18.9 Å². The van der Waals surface area contributed by atoms with Crippen LogP contribution in [0.5, 0.6) is 0 Å². The van der Waals surface area contributed by atoms with E-state index in [0.29, 0.717) is 5.76 Å². The van der Waals surface area contributed by atoms with Crippen molar-refractivity contribution in [2.45, 2.75) is 6.92 Å². The molecule has 1 aromatic carbocycles. The van der Waals surface area contributed by atoms with Crippen LogP contribution in [0.15, 0.2) is 30.1 Å². The molecule has 0 aliphatic carbocycles. The first-order valence-corrected chi connectivity index (χ1v) is 4.93. The van der Waals surface area contributed by atoms with Crippen LogP contribution >= 0.6 is 0 Å². The fourth-order valence-corrected chi connectivity index (χ4v) is 1.82. The van der Waals surface area contributed by atoms with Crippen LogP contribution < -0.4 is 10.3 Å². The van der Waals surface area contributed by atoms with E-state index >= 15 is 0 Å². The Morgan fingerprint density at radius 3 is 2.68 bits per heavy atom. The molecule has 6 heteroatoms. The van der Waals surface area contributed by atoms with Crippen LogP contribution in [0, 0.1) is 20.0 Å². The Bertz CT molecular complexity index is 595. The summed E-state index contributed by atoms with van der Waals surface area (Å²) in [7, 11) is 0. The Kier molecular flexibility index (Phi) is 6.98. The summed E-state index contributed by atoms with van der Waals surface area (Å²) in [6, 6.07) is 4.54. The molecule has 2 aromatic rings. The fraction of sp³-hybridized carbons (Fsp3) is 0.0769. The molecule has 0 bridgehead atoms. The summed E-state index contributed by atoms with van der Waals surface area (Å²) >= 11 is 0. The first-order valence-electron chi connectivity index (χ1n) is 4.93. The molecule has 0 saturated carbocycles. The van der Waals surface area contributed by atoms with Gasteiger partial charge in [0.15, 0.2) is 0 Å². The van der Waals surface area contributed by atoms with Crippen molar-refractivity contribution < 1.29 is 50.0 Å². The summed E-state index contributed by atoms with van der Waals surface area (Å²) in [5.41, 5.74) is 2.49. The van der Waals surface area contributed by atoms with Gasteiger partial charge in [-0.15, -0.1) is 5.52 Å². The van der Waals surface area contributed by atoms with Crippen molar-refractivity contribution in [3.8, 4) is 0 Å². The number of benzene rings is 1. The van der Waals surface area contributed by atoms with Gasteiger partial charge in [0.25, 0.3) is 0 Å². The van der Waals surface area contributed by atoms with Crippen molar-refractivity contribution in [2.24, 2.45) is 0 Å². The monoisotopic (exact) mass is 605 g/mol. The molecule has 3 nitrogen and oxygen atoms in total. The summed E-state index contributed by atoms with van der Waals surface area (Å²) < 4.78 is 18.5. The van der Waals surface area contributed by atoms with E-state index in [-0.39, 0.29) is 54.1 Å². The Morgan fingerprint density at radius 1 is 1.32 bits per heavy atom. The maximum atomic E-state index is 13.2. The number of hydrogen-bond donors (Lipinski definition) is 1. The van der Waals surface area contributed by atoms with Crippen LogP contribution in [-0.2, 0) is 45.6 Å². The van der Waals surface area contributed by atoms with E-state index in [0.717, 1.165) is 22.2 Å². The minimum atomic E-state index is -0.269. The maximum Gasteiger partial charge on any atom is 0.123 e. The number of allylic oxidation sites excluding steroid dienone is 1. The Labute approximate surface area is 139 Å². The van der Waals surface area contributed by atoms with Gasteiger partial charge in [-0.1, -0.05) is 12.8 Å². The van der Waals surface area contributed by atoms with Gasteiger partial charge in [0, 0.05) is 46.5 Å². The molecule has 104 valence electrons. The van der Waals surface area contributed by atoms with Crippen LogP contribution in [-0.4, -0.2) is 0 Å². The zero-order valence-corrected chi connectivity index (χ0v) is 15.8. The van der Waals surface area contributed by atoms with E-state index in [9.17, 15) is 4.39 Å². The van der Waals surface area contributed by atoms with Crippen LogP contribution in [0.3, 0.4) is 0 Å². The summed E-state index contributed by atoms with van der Waals surface area (Å²) in [6.07, 6.45) is 1.70. The molecule has 0 spiro atoms. The normalized spacial score (nSPS) is 12.9. The van der Waals surface area contributed by atoms with Crippen molar-refractivity contribution in [1.29, 1.82) is 0 Å². The molecule has 0 atom stereocenters. The maximum absolute atomic E-state index is 13.2. The van der Waals surface area contributed by atoms with E-state index in [4.69, 9.17) is 4.74 Å². The summed E-state index contributed by atoms with van der Waals surface area (Å²) in [5.74, 6) is 0.433. The van der Waals surface area contributed by atoms with Gasteiger partial charge >= 0.3 is 0 Å². The third-order valence-corrected chi connectivity index (χ3v) is 2.62. The largest absolute Gasteiger partial charge is 0.663 e. The Hall–Kier alpha value is -0.645. The molecule has 1 N–H and O–H groups in total. The third-order valence-electron chi connectivity index (χ3n) is 2.62. The molecular formula is C13H12FN2ORe2-3. The number of nitrogens with zero attached hydrogens (tertiary/aromatic N) is 1. The van der Waals surface area contributed by atoms with E-state index in [2.05, 4.69) is 10.3 Å². The van der Waals surface area contributed by atoms with Crippen molar-refractivity contribution >= 4 is 16.7 Å². The Balaban J connectivity index is 0.00000108. The number of ether oxygens (including phenoxy) is 1. The van der Waals surface area contributed by atoms with Crippen molar-refractivity contribution in [3.05, 3.63) is 55.6 Å². The van der Waals surface area contributed by atoms with Crippen molar-refractivity contribution in [2.75, 3.05) is 0 Å². The predicted octanol–water partition coefficient (Wildman–Crippen LogP) is 2.81. The van der Waals surface area contributed by atoms with Gasteiger partial charge in [-0.25, -0.2) is 4.39 Å². The van der Waals surface area contributed by atoms with Crippen LogP contribution in [0.2, 0.25) is 0 Å². The summed E-state index contributed by atoms with van der Waals surface area (Å²) in [5, 5.41) is 3.72. The zero-order valence-electron chi connectivity index (χ0n) is 10.4. The minimum absolute atomic E-state index is 0. The van der Waals surface area contributed by atoms with Gasteiger partial charge in [-0.3, -0.25) is 0 Å². The van der Waals surface area contributed by atoms with Crippen LogP contribution in [0.1, 0.15) is 12.5 Å². The average Bonchev–Trinajstić information content (AvgIpc) is 2.83. The molecule has 0 amide bonds. The second kappa shape index (κ2) is 7.22. The van der Waals surface area contributed by atoms with Gasteiger partial charge < -0.3 is 22.5 Å². The molecule has 2 heterocycles. The summed E-state index contributed by atoms with van der Waals surface area (Å²) in [6.45, 7) is 3.40. The molecule has 2 radical (unpaired) electrons. The third kappa shape index (κ3) is 3.27. The van der Waals surface area contributed by atoms with Gasteiger partial charge in [-0.2, -0.15) is 6.20 Å². The average molecular weight is 604 g/mol. The molecule has 3 rings (SSSR count). The van der Waals surface area contributed by atoms with Gasteiger partial charge in [0.05, 0.1) is 0 Å². The van der Waals surface area contributed by atoms with E-state index in [1.807, 2.05) is 6.92 Å². The zero-order chi connectivity index (χ0) is 11.1. The first-order chi connectivity index (χ1) is 7.75. The minimum Gasteiger partial charge on any atom is -0.663 e. The smallest absolute Gasteiger partial charge is 0.123 e. The number of rotatable bonds is 1. The second-order valence-electron chi connectivity index (χ2n) is 3.67. The number of halogens is 1. The molecule has 0 saturated heterocycles.